The monoisotopic (exact) mass is 360 g/mol. The van der Waals surface area contributed by atoms with Crippen LogP contribution in [0.1, 0.15) is 25.2 Å². The van der Waals surface area contributed by atoms with Crippen molar-refractivity contribution in [1.29, 1.82) is 0 Å². The summed E-state index contributed by atoms with van der Waals surface area (Å²) in [5.41, 5.74) is 1.97. The lowest BCUT2D eigenvalue weighted by atomic mass is 10.3. The van der Waals surface area contributed by atoms with Crippen LogP contribution in [0.2, 0.25) is 5.02 Å². The molecule has 0 amide bonds. The molecule has 0 aliphatic heterocycles. The second-order valence-electron chi connectivity index (χ2n) is 4.24. The van der Waals surface area contributed by atoms with E-state index in [1.807, 2.05) is 11.6 Å². The number of hydrogen-bond acceptors (Lipinski definition) is 2. The normalized spacial score (nSPS) is 10.8. The van der Waals surface area contributed by atoms with Crippen LogP contribution in [0.25, 0.3) is 0 Å². The maximum Gasteiger partial charge on any atom is 0.142 e. The van der Waals surface area contributed by atoms with E-state index in [9.17, 15) is 4.39 Å². The largest absolute Gasteiger partial charge is 0.487 e. The highest BCUT2D eigenvalue weighted by molar-refractivity contribution is 9.10. The van der Waals surface area contributed by atoms with Crippen LogP contribution < -0.4 is 4.74 Å². The number of halogens is 3. The second-order valence-corrected chi connectivity index (χ2v) is 5.44. The fourth-order valence-electron chi connectivity index (χ4n) is 1.87. The number of aromatic nitrogens is 2. The predicted octanol–water partition coefficient (Wildman–Crippen LogP) is 4.60. The fourth-order valence-corrected chi connectivity index (χ4v) is 2.72. The molecule has 3 nitrogen and oxygen atoms in total. The molecule has 108 valence electrons. The molecule has 0 aliphatic rings. The van der Waals surface area contributed by atoms with Gasteiger partial charge in [0.05, 0.1) is 20.9 Å². The van der Waals surface area contributed by atoms with Crippen LogP contribution in [-0.2, 0) is 19.6 Å². The second kappa shape index (κ2) is 6.59. The summed E-state index contributed by atoms with van der Waals surface area (Å²) >= 11 is 9.28. The van der Waals surface area contributed by atoms with Crippen molar-refractivity contribution in [2.24, 2.45) is 0 Å². The van der Waals surface area contributed by atoms with E-state index in [0.717, 1.165) is 28.8 Å². The molecule has 0 unspecified atom stereocenters. The smallest absolute Gasteiger partial charge is 0.142 e. The maximum absolute atomic E-state index is 13.1. The number of hydrogen-bond donors (Lipinski definition) is 0. The molecule has 1 heterocycles. The Balaban J connectivity index is 2.17. The standard InChI is InChI=1S/C14H15BrClFN2O/c1-3-12-14(15)13(19(4-2)18-12)8-20-9-5-6-11(17)10(16)7-9/h5-7H,3-4,8H2,1-2H3. The van der Waals surface area contributed by atoms with Crippen molar-refractivity contribution in [2.75, 3.05) is 0 Å². The molecule has 1 aromatic carbocycles. The van der Waals surface area contributed by atoms with Gasteiger partial charge in [-0.05, 0) is 41.4 Å². The van der Waals surface area contributed by atoms with Crippen molar-refractivity contribution in [3.8, 4) is 5.75 Å². The van der Waals surface area contributed by atoms with Gasteiger partial charge in [-0.15, -0.1) is 0 Å². The molecule has 20 heavy (non-hydrogen) atoms. The van der Waals surface area contributed by atoms with Crippen LogP contribution in [0.3, 0.4) is 0 Å². The third-order valence-electron chi connectivity index (χ3n) is 2.96. The highest BCUT2D eigenvalue weighted by Gasteiger charge is 2.14. The molecule has 0 radical (unpaired) electrons. The molecule has 0 N–H and O–H groups in total. The number of aryl methyl sites for hydroxylation is 2. The summed E-state index contributed by atoms with van der Waals surface area (Å²) in [6.45, 7) is 5.19. The van der Waals surface area contributed by atoms with Crippen molar-refractivity contribution >= 4 is 27.5 Å². The lowest BCUT2D eigenvalue weighted by molar-refractivity contribution is 0.291. The first-order chi connectivity index (χ1) is 9.56. The van der Waals surface area contributed by atoms with Crippen molar-refractivity contribution < 1.29 is 9.13 Å². The Morgan fingerprint density at radius 3 is 2.75 bits per heavy atom. The van der Waals surface area contributed by atoms with Gasteiger partial charge in [-0.2, -0.15) is 5.10 Å². The number of rotatable bonds is 5. The Kier molecular flexibility index (Phi) is 5.05. The first-order valence-electron chi connectivity index (χ1n) is 6.38. The first kappa shape index (κ1) is 15.3. The van der Waals surface area contributed by atoms with Gasteiger partial charge in [-0.3, -0.25) is 4.68 Å². The van der Waals surface area contributed by atoms with Gasteiger partial charge in [-0.1, -0.05) is 18.5 Å². The molecular weight excluding hydrogens is 347 g/mol. The Bertz CT molecular complexity index is 615. The number of nitrogens with zero attached hydrogens (tertiary/aromatic N) is 2. The lowest BCUT2D eigenvalue weighted by Crippen LogP contribution is -2.06. The third kappa shape index (κ3) is 3.15. The van der Waals surface area contributed by atoms with E-state index >= 15 is 0 Å². The summed E-state index contributed by atoms with van der Waals surface area (Å²) in [5.74, 6) is 0.0808. The highest BCUT2D eigenvalue weighted by atomic mass is 79.9. The van der Waals surface area contributed by atoms with Crippen LogP contribution >= 0.6 is 27.5 Å². The molecule has 1 aromatic heterocycles. The van der Waals surface area contributed by atoms with E-state index in [0.29, 0.717) is 12.4 Å². The predicted molar refractivity (Wildman–Crippen MR) is 80.7 cm³/mol. The minimum Gasteiger partial charge on any atom is -0.487 e. The van der Waals surface area contributed by atoms with E-state index in [1.165, 1.54) is 12.1 Å². The minimum absolute atomic E-state index is 0.0554. The van der Waals surface area contributed by atoms with Crippen LogP contribution in [0.4, 0.5) is 4.39 Å². The quantitative estimate of drug-likeness (QED) is 0.778. The molecular formula is C14H15BrClFN2O. The van der Waals surface area contributed by atoms with Gasteiger partial charge in [-0.25, -0.2) is 4.39 Å². The van der Waals surface area contributed by atoms with Gasteiger partial charge >= 0.3 is 0 Å². The van der Waals surface area contributed by atoms with Gasteiger partial charge < -0.3 is 4.74 Å². The summed E-state index contributed by atoms with van der Waals surface area (Å²) in [6.07, 6.45) is 0.850. The van der Waals surface area contributed by atoms with E-state index in [4.69, 9.17) is 16.3 Å². The van der Waals surface area contributed by atoms with Gasteiger partial charge in [0.2, 0.25) is 0 Å². The van der Waals surface area contributed by atoms with Gasteiger partial charge in [0.25, 0.3) is 0 Å². The van der Waals surface area contributed by atoms with Gasteiger partial charge in [0.15, 0.2) is 0 Å². The molecule has 0 atom stereocenters. The highest BCUT2D eigenvalue weighted by Crippen LogP contribution is 2.25. The summed E-state index contributed by atoms with van der Waals surface area (Å²) in [6, 6.07) is 4.32. The van der Waals surface area contributed by atoms with Crippen LogP contribution in [0, 0.1) is 5.82 Å². The van der Waals surface area contributed by atoms with Gasteiger partial charge in [0, 0.05) is 12.6 Å². The Morgan fingerprint density at radius 1 is 1.40 bits per heavy atom. The number of benzene rings is 1. The average molecular weight is 362 g/mol. The molecule has 0 fully saturated rings. The average Bonchev–Trinajstić information content (AvgIpc) is 2.76. The van der Waals surface area contributed by atoms with E-state index in [-0.39, 0.29) is 5.02 Å². The Hall–Kier alpha value is -1.07. The molecule has 0 spiro atoms. The first-order valence-corrected chi connectivity index (χ1v) is 7.55. The molecule has 0 saturated carbocycles. The topological polar surface area (TPSA) is 27.1 Å². The van der Waals surface area contributed by atoms with Crippen LogP contribution in [0.15, 0.2) is 22.7 Å². The van der Waals surface area contributed by atoms with Crippen LogP contribution in [0.5, 0.6) is 5.75 Å². The molecule has 2 aromatic rings. The maximum atomic E-state index is 13.1. The van der Waals surface area contributed by atoms with E-state index in [1.54, 1.807) is 6.07 Å². The summed E-state index contributed by atoms with van der Waals surface area (Å²) in [7, 11) is 0. The SMILES string of the molecule is CCc1nn(CC)c(COc2ccc(F)c(Cl)c2)c1Br. The molecule has 6 heteroatoms. The van der Waals surface area contributed by atoms with E-state index in [2.05, 4.69) is 28.0 Å². The van der Waals surface area contributed by atoms with Crippen molar-refractivity contribution in [3.63, 3.8) is 0 Å². The Morgan fingerprint density at radius 2 is 2.15 bits per heavy atom. The molecule has 0 saturated heterocycles. The zero-order valence-corrected chi connectivity index (χ0v) is 13.6. The fraction of sp³-hybridized carbons (Fsp3) is 0.357. The van der Waals surface area contributed by atoms with Gasteiger partial charge in [0.1, 0.15) is 18.2 Å². The van der Waals surface area contributed by atoms with E-state index < -0.39 is 5.82 Å². The zero-order chi connectivity index (χ0) is 14.7. The van der Waals surface area contributed by atoms with Crippen molar-refractivity contribution in [1.82, 2.24) is 9.78 Å². The minimum atomic E-state index is -0.452. The summed E-state index contributed by atoms with van der Waals surface area (Å²) < 4.78 is 21.6. The lowest BCUT2D eigenvalue weighted by Gasteiger charge is -2.09. The van der Waals surface area contributed by atoms with Crippen molar-refractivity contribution in [2.45, 2.75) is 33.4 Å². The molecule has 0 bridgehead atoms. The van der Waals surface area contributed by atoms with Crippen LogP contribution in [-0.4, -0.2) is 9.78 Å². The Labute approximate surface area is 130 Å². The number of ether oxygens (including phenoxy) is 1. The third-order valence-corrected chi connectivity index (χ3v) is 4.17. The summed E-state index contributed by atoms with van der Waals surface area (Å²) in [5, 5.41) is 4.55. The summed E-state index contributed by atoms with van der Waals surface area (Å²) in [4.78, 5) is 0. The van der Waals surface area contributed by atoms with Crippen molar-refractivity contribution in [3.05, 3.63) is 44.9 Å². The molecule has 0 aliphatic carbocycles. The molecule has 2 rings (SSSR count). The zero-order valence-electron chi connectivity index (χ0n) is 11.3.